The molecule has 1 saturated heterocycles. The van der Waals surface area contributed by atoms with Crippen LogP contribution in [-0.4, -0.2) is 54.7 Å². The zero-order chi connectivity index (χ0) is 30.8. The summed E-state index contributed by atoms with van der Waals surface area (Å²) >= 11 is 6.12. The topological polar surface area (TPSA) is 164 Å². The Labute approximate surface area is 256 Å². The van der Waals surface area contributed by atoms with Crippen LogP contribution >= 0.6 is 11.6 Å². The highest BCUT2D eigenvalue weighted by atomic mass is 35.5. The van der Waals surface area contributed by atoms with E-state index >= 15 is 0 Å². The molecule has 5 N–H and O–H groups in total. The first-order chi connectivity index (χ1) is 20.6. The number of carbonyl (C=O) groups excluding carboxylic acids is 3. The summed E-state index contributed by atoms with van der Waals surface area (Å²) in [5, 5.41) is 6.10. The van der Waals surface area contributed by atoms with Gasteiger partial charge >= 0.3 is 0 Å². The summed E-state index contributed by atoms with van der Waals surface area (Å²) in [4.78, 5) is 45.1. The van der Waals surface area contributed by atoms with Crippen LogP contribution in [0.4, 0.5) is 5.69 Å². The van der Waals surface area contributed by atoms with Crippen molar-refractivity contribution in [3.05, 3.63) is 94.8 Å². The Morgan fingerprint density at radius 3 is 2.51 bits per heavy atom. The summed E-state index contributed by atoms with van der Waals surface area (Å²) in [5.41, 5.74) is 8.50. The van der Waals surface area contributed by atoms with Gasteiger partial charge in [-0.2, -0.15) is 0 Å². The minimum atomic E-state index is -3.97. The first-order valence-corrected chi connectivity index (χ1v) is 16.0. The third-order valence-corrected chi connectivity index (χ3v) is 8.72. The fraction of sp³-hybridized carbons (Fsp3) is 0.333. The van der Waals surface area contributed by atoms with Gasteiger partial charge in [0, 0.05) is 49.2 Å². The van der Waals surface area contributed by atoms with Crippen LogP contribution in [-0.2, 0) is 43.2 Å². The second-order valence-electron chi connectivity index (χ2n) is 10.3. The van der Waals surface area contributed by atoms with E-state index in [0.29, 0.717) is 29.1 Å². The molecule has 3 aromatic rings. The molecule has 228 valence electrons. The number of amides is 3. The molecule has 0 aliphatic carbocycles. The zero-order valence-corrected chi connectivity index (χ0v) is 25.1. The van der Waals surface area contributed by atoms with E-state index in [1.807, 2.05) is 0 Å². The van der Waals surface area contributed by atoms with Crippen LogP contribution in [0.2, 0.25) is 5.02 Å². The number of nitrogens with one attached hydrogen (secondary N) is 3. The number of benzene rings is 2. The molecule has 1 fully saturated rings. The van der Waals surface area contributed by atoms with Crippen LogP contribution in [0.1, 0.15) is 42.4 Å². The van der Waals surface area contributed by atoms with E-state index in [1.165, 1.54) is 17.3 Å². The zero-order valence-electron chi connectivity index (χ0n) is 23.5. The fourth-order valence-electron chi connectivity index (χ4n) is 4.98. The van der Waals surface area contributed by atoms with E-state index in [4.69, 9.17) is 17.3 Å². The van der Waals surface area contributed by atoms with Gasteiger partial charge in [0.2, 0.25) is 27.7 Å². The lowest BCUT2D eigenvalue weighted by atomic mass is 10.1. The van der Waals surface area contributed by atoms with Gasteiger partial charge in [-0.25, -0.2) is 13.1 Å². The van der Waals surface area contributed by atoms with Crippen LogP contribution < -0.4 is 21.1 Å². The Kier molecular flexibility index (Phi) is 11.2. The average molecular weight is 627 g/mol. The minimum Gasteiger partial charge on any atom is -0.350 e. The van der Waals surface area contributed by atoms with Crippen molar-refractivity contribution in [2.45, 2.75) is 56.6 Å². The van der Waals surface area contributed by atoms with Gasteiger partial charge in [0.1, 0.15) is 12.1 Å². The third kappa shape index (κ3) is 9.32. The smallest absolute Gasteiger partial charge is 0.243 e. The molecule has 2 heterocycles. The molecule has 11 nitrogen and oxygen atoms in total. The maximum atomic E-state index is 13.8. The molecule has 0 bridgehead atoms. The molecule has 2 atom stereocenters. The number of sulfonamides is 1. The molecule has 1 aliphatic rings. The monoisotopic (exact) mass is 626 g/mol. The SMILES string of the molecule is NCc1ccc(Cl)cc1CNC(=O)C1CCCN1C(=O)C(CCC(=O)Nc1ccncc1)NS(=O)(=O)Cc1ccccc1. The molecule has 0 spiro atoms. The van der Waals surface area contributed by atoms with Gasteiger partial charge in [0.15, 0.2) is 0 Å². The Morgan fingerprint density at radius 2 is 1.79 bits per heavy atom. The Bertz CT molecular complexity index is 1520. The predicted octanol–water partition coefficient (Wildman–Crippen LogP) is 2.71. The van der Waals surface area contributed by atoms with Gasteiger partial charge in [-0.05, 0) is 60.2 Å². The predicted molar refractivity (Wildman–Crippen MR) is 164 cm³/mol. The third-order valence-electron chi connectivity index (χ3n) is 7.12. The van der Waals surface area contributed by atoms with Crippen molar-refractivity contribution in [3.63, 3.8) is 0 Å². The first kappa shape index (κ1) is 32.1. The number of aromatic nitrogens is 1. The highest BCUT2D eigenvalue weighted by molar-refractivity contribution is 7.88. The van der Waals surface area contributed by atoms with Crippen molar-refractivity contribution in [2.75, 3.05) is 11.9 Å². The number of nitrogens with zero attached hydrogens (tertiary/aromatic N) is 2. The van der Waals surface area contributed by atoms with E-state index in [1.54, 1.807) is 60.7 Å². The maximum absolute atomic E-state index is 13.8. The summed E-state index contributed by atoms with van der Waals surface area (Å²) in [6.45, 7) is 0.727. The summed E-state index contributed by atoms with van der Waals surface area (Å²) in [6, 6.07) is 15.0. The molecule has 1 aliphatic heterocycles. The first-order valence-electron chi connectivity index (χ1n) is 13.9. The fourth-order valence-corrected chi connectivity index (χ4v) is 6.54. The van der Waals surface area contributed by atoms with Crippen molar-refractivity contribution in [1.82, 2.24) is 19.9 Å². The normalized spacial score (nSPS) is 15.6. The molecule has 2 aromatic carbocycles. The van der Waals surface area contributed by atoms with Crippen molar-refractivity contribution in [2.24, 2.45) is 5.73 Å². The van der Waals surface area contributed by atoms with Gasteiger partial charge in [-0.3, -0.25) is 19.4 Å². The molecule has 2 unspecified atom stereocenters. The van der Waals surface area contributed by atoms with E-state index in [9.17, 15) is 22.8 Å². The second-order valence-corrected chi connectivity index (χ2v) is 12.5. The number of hydrogen-bond acceptors (Lipinski definition) is 7. The lowest BCUT2D eigenvalue weighted by Crippen LogP contribution is -2.53. The largest absolute Gasteiger partial charge is 0.350 e. The maximum Gasteiger partial charge on any atom is 0.243 e. The van der Waals surface area contributed by atoms with E-state index in [2.05, 4.69) is 20.3 Å². The van der Waals surface area contributed by atoms with Gasteiger partial charge < -0.3 is 21.3 Å². The number of anilines is 1. The van der Waals surface area contributed by atoms with Crippen LogP contribution in [0.5, 0.6) is 0 Å². The molecule has 13 heteroatoms. The Morgan fingerprint density at radius 1 is 1.05 bits per heavy atom. The van der Waals surface area contributed by atoms with Gasteiger partial charge in [0.05, 0.1) is 5.75 Å². The van der Waals surface area contributed by atoms with Gasteiger partial charge in [-0.1, -0.05) is 48.0 Å². The molecular weight excluding hydrogens is 592 g/mol. The van der Waals surface area contributed by atoms with E-state index < -0.39 is 28.0 Å². The van der Waals surface area contributed by atoms with Crippen LogP contribution in [0.25, 0.3) is 0 Å². The highest BCUT2D eigenvalue weighted by Crippen LogP contribution is 2.22. The van der Waals surface area contributed by atoms with Crippen LogP contribution in [0, 0.1) is 0 Å². The molecule has 43 heavy (non-hydrogen) atoms. The highest BCUT2D eigenvalue weighted by Gasteiger charge is 2.38. The van der Waals surface area contributed by atoms with Gasteiger partial charge in [0.25, 0.3) is 0 Å². The lowest BCUT2D eigenvalue weighted by Gasteiger charge is -2.29. The second kappa shape index (κ2) is 15.1. The summed E-state index contributed by atoms with van der Waals surface area (Å²) in [6.07, 6.45) is 3.82. The molecule has 3 amide bonds. The molecule has 0 radical (unpaired) electrons. The number of halogens is 1. The summed E-state index contributed by atoms with van der Waals surface area (Å²) < 4.78 is 28.8. The number of likely N-dealkylation sites (tertiary alicyclic amines) is 1. The quantitative estimate of drug-likeness (QED) is 0.227. The summed E-state index contributed by atoms with van der Waals surface area (Å²) in [7, 11) is -3.97. The van der Waals surface area contributed by atoms with E-state index in [-0.39, 0.29) is 50.0 Å². The number of rotatable bonds is 13. The van der Waals surface area contributed by atoms with Crippen LogP contribution in [0.3, 0.4) is 0 Å². The van der Waals surface area contributed by atoms with Crippen LogP contribution in [0.15, 0.2) is 73.1 Å². The van der Waals surface area contributed by atoms with Crippen molar-refractivity contribution in [3.8, 4) is 0 Å². The number of nitrogens with two attached hydrogens (primary N) is 1. The Hall–Kier alpha value is -3.84. The van der Waals surface area contributed by atoms with Crippen molar-refractivity contribution < 1.29 is 22.8 Å². The number of carbonyl (C=O) groups is 3. The molecule has 1 aromatic heterocycles. The number of hydrogen-bond donors (Lipinski definition) is 4. The Balaban J connectivity index is 1.47. The van der Waals surface area contributed by atoms with Crippen molar-refractivity contribution in [1.29, 1.82) is 0 Å². The average Bonchev–Trinajstić information content (AvgIpc) is 3.49. The lowest BCUT2D eigenvalue weighted by molar-refractivity contribution is -0.140. The van der Waals surface area contributed by atoms with E-state index in [0.717, 1.165) is 11.1 Å². The summed E-state index contributed by atoms with van der Waals surface area (Å²) in [5.74, 6) is -1.65. The molecule has 0 saturated carbocycles. The molecule has 4 rings (SSSR count). The van der Waals surface area contributed by atoms with Crippen molar-refractivity contribution >= 4 is 45.0 Å². The molecular formula is C30H35ClN6O5S. The minimum absolute atomic E-state index is 0.100. The number of pyridine rings is 1. The standard InChI is InChI=1S/C30H35ClN6O5S/c31-24-9-8-22(18-32)23(17-24)19-34-29(39)27-7-4-16-37(27)30(40)26(10-11-28(38)35-25-12-14-33-15-13-25)36-43(41,42)20-21-5-2-1-3-6-21/h1-3,5-6,8-9,12-15,17,26-27,36H,4,7,10-11,16,18-20,32H2,(H,34,39)(H,33,35,38). The van der Waals surface area contributed by atoms with Gasteiger partial charge in [-0.15, -0.1) is 0 Å².